The lowest BCUT2D eigenvalue weighted by Gasteiger charge is -2.09. The molecular formula is C26H22ClN5O2. The van der Waals surface area contributed by atoms with Gasteiger partial charge in [0.2, 0.25) is 5.91 Å². The summed E-state index contributed by atoms with van der Waals surface area (Å²) >= 11 is 5.88. The van der Waals surface area contributed by atoms with Crippen LogP contribution in [0, 0.1) is 0 Å². The van der Waals surface area contributed by atoms with Crippen LogP contribution in [0.3, 0.4) is 0 Å². The second-order valence-corrected chi connectivity index (χ2v) is 8.51. The second kappa shape index (κ2) is 9.49. The van der Waals surface area contributed by atoms with E-state index in [-0.39, 0.29) is 17.9 Å². The highest BCUT2D eigenvalue weighted by Crippen LogP contribution is 2.19. The zero-order valence-electron chi connectivity index (χ0n) is 18.3. The summed E-state index contributed by atoms with van der Waals surface area (Å²) in [4.78, 5) is 29.8. The first kappa shape index (κ1) is 21.9. The largest absolute Gasteiger partial charge is 0.354 e. The second-order valence-electron chi connectivity index (χ2n) is 8.07. The predicted octanol–water partition coefficient (Wildman–Crippen LogP) is 3.81. The fourth-order valence-electron chi connectivity index (χ4n) is 4.04. The molecule has 5 rings (SSSR count). The van der Waals surface area contributed by atoms with Crippen LogP contribution in [0.25, 0.3) is 21.8 Å². The summed E-state index contributed by atoms with van der Waals surface area (Å²) in [7, 11) is 0. The number of benzene rings is 3. The van der Waals surface area contributed by atoms with Gasteiger partial charge in [0.1, 0.15) is 11.7 Å². The van der Waals surface area contributed by atoms with Gasteiger partial charge in [-0.15, -0.1) is 0 Å². The molecule has 34 heavy (non-hydrogen) atoms. The van der Waals surface area contributed by atoms with Crippen LogP contribution in [0.15, 0.2) is 84.0 Å². The molecule has 0 saturated heterocycles. The van der Waals surface area contributed by atoms with E-state index in [0.717, 1.165) is 21.9 Å². The van der Waals surface area contributed by atoms with Crippen LogP contribution in [-0.2, 0) is 24.3 Å². The number of hydrogen-bond acceptors (Lipinski definition) is 4. The molecule has 2 heterocycles. The first-order valence-electron chi connectivity index (χ1n) is 11.0. The summed E-state index contributed by atoms with van der Waals surface area (Å²) < 4.78 is 3.24. The number of aromatic nitrogens is 4. The van der Waals surface area contributed by atoms with Crippen LogP contribution in [0.4, 0.5) is 0 Å². The smallest absolute Gasteiger partial charge is 0.264 e. The molecular weight excluding hydrogens is 450 g/mol. The van der Waals surface area contributed by atoms with Crippen molar-refractivity contribution in [2.75, 3.05) is 6.54 Å². The van der Waals surface area contributed by atoms with Crippen LogP contribution >= 0.6 is 11.6 Å². The van der Waals surface area contributed by atoms with Crippen molar-refractivity contribution in [3.8, 4) is 0 Å². The molecule has 0 radical (unpaired) electrons. The van der Waals surface area contributed by atoms with Gasteiger partial charge in [-0.3, -0.25) is 14.2 Å². The number of fused-ring (bicyclic) bond motifs is 2. The monoisotopic (exact) mass is 471 g/mol. The summed E-state index contributed by atoms with van der Waals surface area (Å²) in [5.74, 6) is -0.0933. The average molecular weight is 472 g/mol. The molecule has 2 aromatic heterocycles. The van der Waals surface area contributed by atoms with Gasteiger partial charge in [-0.2, -0.15) is 5.10 Å². The highest BCUT2D eigenvalue weighted by molar-refractivity contribution is 6.30. The van der Waals surface area contributed by atoms with Gasteiger partial charge in [-0.25, -0.2) is 9.67 Å². The fraction of sp³-hybridized carbons (Fsp3) is 0.154. The number of carbonyl (C=O) groups excluding carboxylic acids is 1. The van der Waals surface area contributed by atoms with Crippen LogP contribution in [0.1, 0.15) is 11.1 Å². The zero-order valence-corrected chi connectivity index (χ0v) is 19.1. The number of carbonyl (C=O) groups is 1. The lowest BCUT2D eigenvalue weighted by Crippen LogP contribution is -2.29. The van der Waals surface area contributed by atoms with Crippen molar-refractivity contribution in [1.29, 1.82) is 0 Å². The van der Waals surface area contributed by atoms with Crippen molar-refractivity contribution in [2.24, 2.45) is 0 Å². The maximum Gasteiger partial charge on any atom is 0.264 e. The maximum atomic E-state index is 13.1. The summed E-state index contributed by atoms with van der Waals surface area (Å²) in [5, 5.41) is 10.5. The third kappa shape index (κ3) is 4.56. The molecule has 0 unspecified atom stereocenters. The highest BCUT2D eigenvalue weighted by Gasteiger charge is 2.12. The molecule has 0 aliphatic carbocycles. The minimum Gasteiger partial charge on any atom is -0.354 e. The van der Waals surface area contributed by atoms with E-state index in [9.17, 15) is 9.59 Å². The Morgan fingerprint density at radius 3 is 2.62 bits per heavy atom. The lowest BCUT2D eigenvalue weighted by atomic mass is 10.0. The van der Waals surface area contributed by atoms with Gasteiger partial charge in [0.15, 0.2) is 5.65 Å². The first-order chi connectivity index (χ1) is 16.6. The van der Waals surface area contributed by atoms with E-state index < -0.39 is 0 Å². The molecule has 3 aromatic carbocycles. The summed E-state index contributed by atoms with van der Waals surface area (Å²) in [5.41, 5.74) is 2.30. The van der Waals surface area contributed by atoms with E-state index in [4.69, 9.17) is 11.6 Å². The number of halogens is 1. The fourth-order valence-corrected chi connectivity index (χ4v) is 4.16. The molecule has 0 aliphatic rings. The van der Waals surface area contributed by atoms with Gasteiger partial charge >= 0.3 is 0 Å². The van der Waals surface area contributed by atoms with Crippen molar-refractivity contribution >= 4 is 39.3 Å². The summed E-state index contributed by atoms with van der Waals surface area (Å²) in [6.45, 7) is 1.22. The third-order valence-electron chi connectivity index (χ3n) is 5.77. The Morgan fingerprint density at radius 1 is 0.971 bits per heavy atom. The average Bonchev–Trinajstić information content (AvgIpc) is 3.26. The number of nitrogens with zero attached hydrogens (tertiary/aromatic N) is 4. The number of rotatable bonds is 7. The van der Waals surface area contributed by atoms with Crippen LogP contribution in [0.5, 0.6) is 0 Å². The van der Waals surface area contributed by atoms with Crippen molar-refractivity contribution in [3.05, 3.63) is 106 Å². The Kier molecular flexibility index (Phi) is 6.10. The Labute approximate surface area is 200 Å². The molecule has 8 heteroatoms. The molecule has 1 N–H and O–H groups in total. The van der Waals surface area contributed by atoms with Crippen LogP contribution in [-0.4, -0.2) is 31.8 Å². The molecule has 0 aliphatic heterocycles. The number of amides is 1. The standard InChI is InChI=1S/C26H22ClN5O2/c27-21-10-8-18(9-11-21)14-24(33)28-12-13-32-25-23(15-30-32)26(34)31(17-29-25)16-20-6-3-5-19-4-1-2-7-22(19)20/h1-11,15,17H,12-14,16H2,(H,28,33). The van der Waals surface area contributed by atoms with Gasteiger partial charge in [0, 0.05) is 11.6 Å². The molecule has 0 fully saturated rings. The third-order valence-corrected chi connectivity index (χ3v) is 6.02. The summed E-state index contributed by atoms with van der Waals surface area (Å²) in [6.07, 6.45) is 3.37. The van der Waals surface area contributed by atoms with E-state index in [1.165, 1.54) is 0 Å². The van der Waals surface area contributed by atoms with Gasteiger partial charge in [0.25, 0.3) is 5.56 Å². The number of hydrogen-bond donors (Lipinski definition) is 1. The zero-order chi connectivity index (χ0) is 23.5. The quantitative estimate of drug-likeness (QED) is 0.391. The van der Waals surface area contributed by atoms with Crippen LogP contribution < -0.4 is 10.9 Å². The van der Waals surface area contributed by atoms with Crippen molar-refractivity contribution in [1.82, 2.24) is 24.6 Å². The van der Waals surface area contributed by atoms with Crippen molar-refractivity contribution in [2.45, 2.75) is 19.5 Å². The molecule has 0 spiro atoms. The minimum atomic E-state index is -0.143. The maximum absolute atomic E-state index is 13.1. The van der Waals surface area contributed by atoms with E-state index in [2.05, 4.69) is 33.6 Å². The highest BCUT2D eigenvalue weighted by atomic mass is 35.5. The topological polar surface area (TPSA) is 81.8 Å². The predicted molar refractivity (Wildman–Crippen MR) is 133 cm³/mol. The van der Waals surface area contributed by atoms with E-state index in [1.54, 1.807) is 33.9 Å². The van der Waals surface area contributed by atoms with Gasteiger partial charge in [-0.05, 0) is 34.0 Å². The van der Waals surface area contributed by atoms with Crippen molar-refractivity contribution < 1.29 is 4.79 Å². The van der Waals surface area contributed by atoms with E-state index in [0.29, 0.717) is 35.7 Å². The molecule has 0 atom stereocenters. The van der Waals surface area contributed by atoms with Crippen molar-refractivity contribution in [3.63, 3.8) is 0 Å². The summed E-state index contributed by atoms with van der Waals surface area (Å²) in [6, 6.07) is 21.4. The first-order valence-corrected chi connectivity index (χ1v) is 11.3. The van der Waals surface area contributed by atoms with Gasteiger partial charge < -0.3 is 5.32 Å². The Morgan fingerprint density at radius 2 is 1.76 bits per heavy atom. The Hall–Kier alpha value is -3.97. The normalized spacial score (nSPS) is 11.2. The van der Waals surface area contributed by atoms with E-state index in [1.807, 2.05) is 36.4 Å². The molecule has 7 nitrogen and oxygen atoms in total. The SMILES string of the molecule is O=C(Cc1ccc(Cl)cc1)NCCn1ncc2c(=O)n(Cc3cccc4ccccc34)cnc21. The molecule has 0 saturated carbocycles. The van der Waals surface area contributed by atoms with Crippen LogP contribution in [0.2, 0.25) is 5.02 Å². The van der Waals surface area contributed by atoms with Gasteiger partial charge in [-0.1, -0.05) is 66.2 Å². The Bertz CT molecular complexity index is 1530. The molecule has 1 amide bonds. The lowest BCUT2D eigenvalue weighted by molar-refractivity contribution is -0.120. The van der Waals surface area contributed by atoms with E-state index >= 15 is 0 Å². The minimum absolute atomic E-state index is 0.0933. The number of nitrogens with one attached hydrogen (secondary N) is 1. The molecule has 5 aromatic rings. The Balaban J connectivity index is 1.27. The molecule has 170 valence electrons. The molecule has 0 bridgehead atoms. The van der Waals surface area contributed by atoms with Gasteiger partial charge in [0.05, 0.1) is 25.7 Å².